The summed E-state index contributed by atoms with van der Waals surface area (Å²) < 4.78 is 14.4. The Kier molecular flexibility index (Phi) is 3.82. The first kappa shape index (κ1) is 16.2. The SMILES string of the molecule is Cn1cnc(COc2nn3c(-c4ccoc4)nnc3cc2-c2ccccc2)n1. The van der Waals surface area contributed by atoms with E-state index in [1.54, 1.807) is 28.1 Å². The number of furan rings is 1. The van der Waals surface area contributed by atoms with Crippen molar-refractivity contribution in [2.24, 2.45) is 7.05 Å². The maximum atomic E-state index is 5.99. The monoisotopic (exact) mass is 373 g/mol. The van der Waals surface area contributed by atoms with E-state index in [1.165, 1.54) is 0 Å². The topological polar surface area (TPSA) is 96.2 Å². The normalized spacial score (nSPS) is 11.2. The Balaban J connectivity index is 1.62. The second-order valence-corrected chi connectivity index (χ2v) is 6.16. The molecule has 0 spiro atoms. The zero-order valence-corrected chi connectivity index (χ0v) is 14.9. The lowest BCUT2D eigenvalue weighted by molar-refractivity contribution is 0.281. The fourth-order valence-electron chi connectivity index (χ4n) is 2.90. The molecule has 0 radical (unpaired) electrons. The summed E-state index contributed by atoms with van der Waals surface area (Å²) in [4.78, 5) is 4.20. The molecule has 0 saturated heterocycles. The number of aryl methyl sites for hydroxylation is 1. The zero-order valence-electron chi connectivity index (χ0n) is 14.9. The highest BCUT2D eigenvalue weighted by Crippen LogP contribution is 2.30. The van der Waals surface area contributed by atoms with Crippen LogP contribution in [0.4, 0.5) is 0 Å². The minimum absolute atomic E-state index is 0.197. The maximum absolute atomic E-state index is 5.99. The molecule has 5 aromatic rings. The minimum Gasteiger partial charge on any atom is -0.472 e. The van der Waals surface area contributed by atoms with Crippen molar-refractivity contribution in [2.75, 3.05) is 0 Å². The summed E-state index contributed by atoms with van der Waals surface area (Å²) in [6.45, 7) is 0.197. The highest BCUT2D eigenvalue weighted by atomic mass is 16.5. The van der Waals surface area contributed by atoms with E-state index in [-0.39, 0.29) is 6.61 Å². The molecule has 4 heterocycles. The lowest BCUT2D eigenvalue weighted by atomic mass is 10.1. The Bertz CT molecular complexity index is 1230. The second kappa shape index (κ2) is 6.62. The van der Waals surface area contributed by atoms with Crippen molar-refractivity contribution < 1.29 is 9.15 Å². The van der Waals surface area contributed by atoms with E-state index in [1.807, 2.05) is 49.5 Å². The number of hydrogen-bond acceptors (Lipinski definition) is 7. The Labute approximate surface area is 159 Å². The standard InChI is InChI=1S/C19H15N7O2/c1-25-12-20-16(23-25)11-28-19-15(13-5-3-2-4-6-13)9-17-21-22-18(26(17)24-19)14-7-8-27-10-14/h2-10,12H,11H2,1H3. The molecule has 0 fully saturated rings. The van der Waals surface area contributed by atoms with Crippen LogP contribution in [-0.4, -0.2) is 34.6 Å². The molecule has 0 saturated carbocycles. The molecule has 5 rings (SSSR count). The van der Waals surface area contributed by atoms with Crippen LogP contribution in [0.1, 0.15) is 5.82 Å². The van der Waals surface area contributed by atoms with E-state index in [4.69, 9.17) is 9.15 Å². The van der Waals surface area contributed by atoms with Crippen LogP contribution in [0.5, 0.6) is 5.88 Å². The molecular formula is C19H15N7O2. The third-order valence-corrected chi connectivity index (χ3v) is 4.21. The molecule has 0 N–H and O–H groups in total. The van der Waals surface area contributed by atoms with E-state index < -0.39 is 0 Å². The van der Waals surface area contributed by atoms with Gasteiger partial charge in [0.15, 0.2) is 23.9 Å². The third-order valence-electron chi connectivity index (χ3n) is 4.21. The van der Waals surface area contributed by atoms with Gasteiger partial charge >= 0.3 is 0 Å². The van der Waals surface area contributed by atoms with Crippen molar-refractivity contribution in [3.8, 4) is 28.4 Å². The van der Waals surface area contributed by atoms with Gasteiger partial charge in [-0.1, -0.05) is 30.3 Å². The van der Waals surface area contributed by atoms with Gasteiger partial charge in [-0.3, -0.25) is 4.68 Å². The summed E-state index contributed by atoms with van der Waals surface area (Å²) >= 11 is 0. The van der Waals surface area contributed by atoms with Gasteiger partial charge in [0.2, 0.25) is 5.88 Å². The number of nitrogens with zero attached hydrogens (tertiary/aromatic N) is 7. The third kappa shape index (κ3) is 2.88. The summed E-state index contributed by atoms with van der Waals surface area (Å²) in [5.41, 5.74) is 3.17. The zero-order chi connectivity index (χ0) is 18.9. The molecule has 0 bridgehead atoms. The van der Waals surface area contributed by atoms with Crippen LogP contribution in [-0.2, 0) is 13.7 Å². The van der Waals surface area contributed by atoms with Crippen molar-refractivity contribution >= 4 is 5.65 Å². The number of hydrogen-bond donors (Lipinski definition) is 0. The quantitative estimate of drug-likeness (QED) is 0.467. The molecule has 0 atom stereocenters. The Morgan fingerprint density at radius 2 is 1.93 bits per heavy atom. The van der Waals surface area contributed by atoms with Crippen molar-refractivity contribution in [1.82, 2.24) is 34.6 Å². The van der Waals surface area contributed by atoms with E-state index >= 15 is 0 Å². The van der Waals surface area contributed by atoms with Gasteiger partial charge in [0.05, 0.1) is 11.8 Å². The fourth-order valence-corrected chi connectivity index (χ4v) is 2.90. The highest BCUT2D eigenvalue weighted by Gasteiger charge is 2.17. The molecule has 9 heteroatoms. The molecule has 1 aromatic carbocycles. The molecule has 28 heavy (non-hydrogen) atoms. The van der Waals surface area contributed by atoms with Gasteiger partial charge in [-0.2, -0.15) is 9.61 Å². The van der Waals surface area contributed by atoms with Crippen molar-refractivity contribution in [3.63, 3.8) is 0 Å². The van der Waals surface area contributed by atoms with Gasteiger partial charge in [0, 0.05) is 12.6 Å². The number of fused-ring (bicyclic) bond motifs is 1. The number of benzene rings is 1. The largest absolute Gasteiger partial charge is 0.472 e. The van der Waals surface area contributed by atoms with Crippen molar-refractivity contribution in [2.45, 2.75) is 6.61 Å². The average molecular weight is 373 g/mol. The van der Waals surface area contributed by atoms with Crippen LogP contribution in [0.15, 0.2) is 65.7 Å². The lowest BCUT2D eigenvalue weighted by Crippen LogP contribution is -2.05. The molecule has 0 aliphatic carbocycles. The number of rotatable bonds is 5. The summed E-state index contributed by atoms with van der Waals surface area (Å²) in [6, 6.07) is 13.6. The molecule has 4 aromatic heterocycles. The fraction of sp³-hybridized carbons (Fsp3) is 0.105. The van der Waals surface area contributed by atoms with Gasteiger partial charge in [-0.15, -0.1) is 15.3 Å². The van der Waals surface area contributed by atoms with Gasteiger partial charge in [-0.25, -0.2) is 4.98 Å². The van der Waals surface area contributed by atoms with Crippen LogP contribution in [0.25, 0.3) is 28.2 Å². The first-order chi connectivity index (χ1) is 13.8. The Morgan fingerprint density at radius 3 is 2.68 bits per heavy atom. The summed E-state index contributed by atoms with van der Waals surface area (Å²) in [7, 11) is 1.81. The first-order valence-electron chi connectivity index (χ1n) is 8.60. The minimum atomic E-state index is 0.197. The highest BCUT2D eigenvalue weighted by molar-refractivity contribution is 5.72. The molecule has 9 nitrogen and oxygen atoms in total. The maximum Gasteiger partial charge on any atom is 0.240 e. The van der Waals surface area contributed by atoms with Gasteiger partial charge in [0.1, 0.15) is 12.6 Å². The molecule has 0 unspecified atom stereocenters. The number of ether oxygens (including phenoxy) is 1. The first-order valence-corrected chi connectivity index (χ1v) is 8.60. The van der Waals surface area contributed by atoms with Crippen LogP contribution < -0.4 is 4.74 Å². The molecular weight excluding hydrogens is 358 g/mol. The summed E-state index contributed by atoms with van der Waals surface area (Å²) in [5.74, 6) is 1.59. The predicted molar refractivity (Wildman–Crippen MR) is 99.3 cm³/mol. The van der Waals surface area contributed by atoms with E-state index in [9.17, 15) is 0 Å². The predicted octanol–water partition coefficient (Wildman–Crippen LogP) is 2.76. The van der Waals surface area contributed by atoms with Crippen LogP contribution in [0.2, 0.25) is 0 Å². The van der Waals surface area contributed by atoms with E-state index in [2.05, 4.69) is 25.4 Å². The molecule has 138 valence electrons. The van der Waals surface area contributed by atoms with Gasteiger partial charge < -0.3 is 9.15 Å². The summed E-state index contributed by atoms with van der Waals surface area (Å²) in [5, 5.41) is 17.4. The van der Waals surface area contributed by atoms with Gasteiger partial charge in [-0.05, 0) is 17.7 Å². The summed E-state index contributed by atoms with van der Waals surface area (Å²) in [6.07, 6.45) is 4.81. The van der Waals surface area contributed by atoms with E-state index in [0.717, 1.165) is 16.7 Å². The molecule has 0 amide bonds. The van der Waals surface area contributed by atoms with Crippen molar-refractivity contribution in [3.05, 3.63) is 67.1 Å². The van der Waals surface area contributed by atoms with Crippen LogP contribution in [0.3, 0.4) is 0 Å². The molecule has 0 aliphatic rings. The van der Waals surface area contributed by atoms with Crippen molar-refractivity contribution in [1.29, 1.82) is 0 Å². The Morgan fingerprint density at radius 1 is 1.04 bits per heavy atom. The van der Waals surface area contributed by atoms with Gasteiger partial charge in [0.25, 0.3) is 0 Å². The second-order valence-electron chi connectivity index (χ2n) is 6.16. The van der Waals surface area contributed by atoms with E-state index in [0.29, 0.717) is 23.2 Å². The number of aromatic nitrogens is 7. The lowest BCUT2D eigenvalue weighted by Gasteiger charge is -2.10. The van der Waals surface area contributed by atoms with Crippen LogP contribution >= 0.6 is 0 Å². The molecule has 0 aliphatic heterocycles. The average Bonchev–Trinajstić information content (AvgIpc) is 3.47. The van der Waals surface area contributed by atoms with Crippen LogP contribution in [0, 0.1) is 0 Å². The smallest absolute Gasteiger partial charge is 0.240 e. The Hall–Kier alpha value is -4.01.